The first-order valence-corrected chi connectivity index (χ1v) is 2.44. The molecule has 1 aliphatic rings. The van der Waals surface area contributed by atoms with E-state index < -0.39 is 6.17 Å². The molecule has 1 aliphatic heterocycles. The maximum Gasteiger partial charge on any atom is 0.122 e. The number of allylic oxidation sites excluding steroid dienone is 1. The topological polar surface area (TPSA) is 12.0 Å². The summed E-state index contributed by atoms with van der Waals surface area (Å²) < 4.78 is 12.1. The van der Waals surface area contributed by atoms with E-state index in [0.717, 1.165) is 6.54 Å². The summed E-state index contributed by atoms with van der Waals surface area (Å²) in [5.74, 6) is 0. The van der Waals surface area contributed by atoms with Gasteiger partial charge < -0.3 is 5.32 Å². The van der Waals surface area contributed by atoms with Gasteiger partial charge in [0.2, 0.25) is 0 Å². The van der Waals surface area contributed by atoms with Gasteiger partial charge in [0.15, 0.2) is 0 Å². The first-order valence-electron chi connectivity index (χ1n) is 2.44. The highest BCUT2D eigenvalue weighted by Crippen LogP contribution is 2.00. The smallest absolute Gasteiger partial charge is 0.122 e. The fourth-order valence-electron chi connectivity index (χ4n) is 0.573. The second kappa shape index (κ2) is 3.72. The molecule has 0 spiro atoms. The maximum atomic E-state index is 12.1. The number of rotatable bonds is 0. The molecule has 0 aromatic carbocycles. The van der Waals surface area contributed by atoms with Gasteiger partial charge in [0.05, 0.1) is 0 Å². The van der Waals surface area contributed by atoms with Crippen LogP contribution in [0.25, 0.3) is 0 Å². The van der Waals surface area contributed by atoms with E-state index in [1.54, 1.807) is 6.20 Å². The van der Waals surface area contributed by atoms with Crippen molar-refractivity contribution < 1.29 is 4.39 Å². The average Bonchev–Trinajstić information content (AvgIpc) is 1.69. The van der Waals surface area contributed by atoms with E-state index >= 15 is 0 Å². The van der Waals surface area contributed by atoms with Crippen molar-refractivity contribution in [2.24, 2.45) is 0 Å². The van der Waals surface area contributed by atoms with Crippen LogP contribution < -0.4 is 5.32 Å². The quantitative estimate of drug-likeness (QED) is 0.530. The van der Waals surface area contributed by atoms with Crippen LogP contribution in [0.3, 0.4) is 0 Å². The van der Waals surface area contributed by atoms with Crippen molar-refractivity contribution in [2.75, 3.05) is 6.54 Å². The summed E-state index contributed by atoms with van der Waals surface area (Å²) in [4.78, 5) is 0. The molecule has 1 N–H and O–H groups in total. The first kappa shape index (κ1) is 7.76. The van der Waals surface area contributed by atoms with Crippen molar-refractivity contribution in [1.29, 1.82) is 0 Å². The molecule has 1 nitrogen and oxygen atoms in total. The summed E-state index contributed by atoms with van der Waals surface area (Å²) in [6.07, 6.45) is 3.11. The van der Waals surface area contributed by atoms with Gasteiger partial charge in [0, 0.05) is 6.54 Å². The Kier molecular flexibility index (Phi) is 3.61. The van der Waals surface area contributed by atoms with Crippen LogP contribution in [0.4, 0.5) is 4.39 Å². The molecule has 1 rings (SSSR count). The largest absolute Gasteiger partial charge is 0.391 e. The van der Waals surface area contributed by atoms with Crippen LogP contribution in [-0.4, -0.2) is 12.7 Å². The van der Waals surface area contributed by atoms with Gasteiger partial charge in [-0.2, -0.15) is 0 Å². The van der Waals surface area contributed by atoms with Gasteiger partial charge in [-0.15, -0.1) is 12.4 Å². The van der Waals surface area contributed by atoms with E-state index in [1.807, 2.05) is 0 Å². The highest BCUT2D eigenvalue weighted by atomic mass is 35.5. The number of hydrogen-bond acceptors (Lipinski definition) is 1. The van der Waals surface area contributed by atoms with E-state index in [4.69, 9.17) is 0 Å². The summed E-state index contributed by atoms with van der Waals surface area (Å²) >= 11 is 0. The second-order valence-electron chi connectivity index (χ2n) is 1.62. The minimum atomic E-state index is -0.707. The number of hydrogen-bond donors (Lipinski definition) is 1. The van der Waals surface area contributed by atoms with E-state index in [1.165, 1.54) is 6.08 Å². The van der Waals surface area contributed by atoms with Gasteiger partial charge in [-0.3, -0.25) is 0 Å². The fourth-order valence-corrected chi connectivity index (χ4v) is 0.573. The van der Waals surface area contributed by atoms with Crippen molar-refractivity contribution in [3.8, 4) is 0 Å². The molecule has 0 fully saturated rings. The number of nitrogens with one attached hydrogen (secondary N) is 1. The van der Waals surface area contributed by atoms with Crippen molar-refractivity contribution in [1.82, 2.24) is 5.32 Å². The molecule has 0 bridgehead atoms. The molecule has 1 unspecified atom stereocenters. The predicted octanol–water partition coefficient (Wildman–Crippen LogP) is 1.25. The lowest BCUT2D eigenvalue weighted by atomic mass is 10.2. The Morgan fingerprint density at radius 2 is 2.38 bits per heavy atom. The van der Waals surface area contributed by atoms with Crippen molar-refractivity contribution in [3.63, 3.8) is 0 Å². The van der Waals surface area contributed by atoms with Crippen molar-refractivity contribution >= 4 is 12.4 Å². The Morgan fingerprint density at radius 1 is 1.62 bits per heavy atom. The molecule has 0 radical (unpaired) electrons. The predicted molar refractivity (Wildman–Crippen MR) is 33.9 cm³/mol. The van der Waals surface area contributed by atoms with Crippen LogP contribution in [-0.2, 0) is 0 Å². The SMILES string of the molecule is Cl.FC1C=CNCC1. The Balaban J connectivity index is 0.000000490. The van der Waals surface area contributed by atoms with Crippen LogP contribution in [0.15, 0.2) is 12.3 Å². The maximum absolute atomic E-state index is 12.1. The molecule has 0 aliphatic carbocycles. The van der Waals surface area contributed by atoms with E-state index in [0.29, 0.717) is 6.42 Å². The van der Waals surface area contributed by atoms with E-state index in [2.05, 4.69) is 5.32 Å². The molecular formula is C5H9ClFN. The molecule has 1 atom stereocenters. The Hall–Kier alpha value is -0.240. The molecule has 0 saturated carbocycles. The van der Waals surface area contributed by atoms with Gasteiger partial charge in [-0.1, -0.05) is 0 Å². The molecule has 1 heterocycles. The molecular weight excluding hydrogens is 129 g/mol. The highest BCUT2D eigenvalue weighted by Gasteiger charge is 2.02. The summed E-state index contributed by atoms with van der Waals surface area (Å²) in [6.45, 7) is 0.775. The summed E-state index contributed by atoms with van der Waals surface area (Å²) in [6, 6.07) is 0. The van der Waals surface area contributed by atoms with Crippen LogP contribution in [0.5, 0.6) is 0 Å². The van der Waals surface area contributed by atoms with Gasteiger partial charge >= 0.3 is 0 Å². The zero-order valence-electron chi connectivity index (χ0n) is 4.43. The van der Waals surface area contributed by atoms with Crippen molar-refractivity contribution in [2.45, 2.75) is 12.6 Å². The lowest BCUT2D eigenvalue weighted by Crippen LogP contribution is -2.17. The summed E-state index contributed by atoms with van der Waals surface area (Å²) in [5.41, 5.74) is 0. The third-order valence-corrected chi connectivity index (χ3v) is 0.987. The average molecular weight is 138 g/mol. The molecule has 3 heteroatoms. The standard InChI is InChI=1S/C5H8FN.ClH/c6-5-1-3-7-4-2-5;/h1,3,5,7H,2,4H2;1H. The van der Waals surface area contributed by atoms with Crippen LogP contribution >= 0.6 is 12.4 Å². The molecule has 0 saturated heterocycles. The van der Waals surface area contributed by atoms with Crippen molar-refractivity contribution in [3.05, 3.63) is 12.3 Å². The highest BCUT2D eigenvalue weighted by molar-refractivity contribution is 5.85. The zero-order valence-corrected chi connectivity index (χ0v) is 5.25. The fraction of sp³-hybridized carbons (Fsp3) is 0.600. The Morgan fingerprint density at radius 3 is 2.62 bits per heavy atom. The normalized spacial score (nSPS) is 25.9. The molecule has 8 heavy (non-hydrogen) atoms. The Bertz CT molecular complexity index is 84.5. The minimum absolute atomic E-state index is 0. The zero-order chi connectivity index (χ0) is 5.11. The summed E-state index contributed by atoms with van der Waals surface area (Å²) in [7, 11) is 0. The lowest BCUT2D eigenvalue weighted by molar-refractivity contribution is 0.365. The second-order valence-corrected chi connectivity index (χ2v) is 1.62. The van der Waals surface area contributed by atoms with Gasteiger partial charge in [0.1, 0.15) is 6.17 Å². The third-order valence-electron chi connectivity index (χ3n) is 0.987. The molecule has 0 aromatic heterocycles. The number of halogens is 2. The molecule has 0 amide bonds. The van der Waals surface area contributed by atoms with Gasteiger partial charge in [-0.05, 0) is 18.7 Å². The molecule has 0 aromatic rings. The van der Waals surface area contributed by atoms with Crippen LogP contribution in [0.1, 0.15) is 6.42 Å². The monoisotopic (exact) mass is 137 g/mol. The third kappa shape index (κ3) is 2.17. The first-order chi connectivity index (χ1) is 3.39. The molecule has 48 valence electrons. The van der Waals surface area contributed by atoms with Gasteiger partial charge in [-0.25, -0.2) is 4.39 Å². The van der Waals surface area contributed by atoms with Crippen LogP contribution in [0, 0.1) is 0 Å². The summed E-state index contributed by atoms with van der Waals surface area (Å²) in [5, 5.41) is 2.89. The number of alkyl halides is 1. The van der Waals surface area contributed by atoms with Crippen LogP contribution in [0.2, 0.25) is 0 Å². The lowest BCUT2D eigenvalue weighted by Gasteiger charge is -2.07. The van der Waals surface area contributed by atoms with E-state index in [9.17, 15) is 4.39 Å². The van der Waals surface area contributed by atoms with E-state index in [-0.39, 0.29) is 12.4 Å². The minimum Gasteiger partial charge on any atom is -0.391 e. The Labute approximate surface area is 54.4 Å². The van der Waals surface area contributed by atoms with Gasteiger partial charge in [0.25, 0.3) is 0 Å².